The molecular weight excluding hydrogens is 416 g/mol. The van der Waals surface area contributed by atoms with Crippen LogP contribution in [0.25, 0.3) is 0 Å². The second-order valence-corrected chi connectivity index (χ2v) is 7.86. The van der Waals surface area contributed by atoms with Crippen LogP contribution in [0.4, 0.5) is 10.5 Å². The number of benzene rings is 3. The van der Waals surface area contributed by atoms with E-state index in [0.29, 0.717) is 17.3 Å². The first-order valence-electron chi connectivity index (χ1n) is 10.0. The summed E-state index contributed by atoms with van der Waals surface area (Å²) in [5, 5.41) is 23.8. The maximum Gasteiger partial charge on any atom is 0.414 e. The number of phenols is 2. The molecule has 0 bridgehead atoms. The molecule has 3 aromatic rings. The Labute approximate surface area is 185 Å². The van der Waals surface area contributed by atoms with Crippen molar-refractivity contribution in [1.82, 2.24) is 5.32 Å². The molecule has 1 amide bonds. The van der Waals surface area contributed by atoms with Crippen molar-refractivity contribution >= 4 is 23.4 Å². The molecule has 1 heterocycles. The molecule has 0 fully saturated rings. The van der Waals surface area contributed by atoms with Gasteiger partial charge < -0.3 is 20.3 Å². The monoisotopic (exact) mass is 438 g/mol. The number of rotatable bonds is 5. The standard InChI is InChI=1S/C24H23ClN2O4/c25-18-6-8-19(9-7-18)27(24(30)31-15-16-4-2-1-3-5-16)14-21-20-13-23(29)22(28)12-17(20)10-11-26-21/h1-9,12-13,21,26,28-29H,10-11,14-15H2. The lowest BCUT2D eigenvalue weighted by Crippen LogP contribution is -2.42. The van der Waals surface area contributed by atoms with Gasteiger partial charge in [0.05, 0.1) is 6.04 Å². The zero-order valence-electron chi connectivity index (χ0n) is 16.8. The molecule has 0 saturated carbocycles. The van der Waals surface area contributed by atoms with Gasteiger partial charge in [0, 0.05) is 17.3 Å². The summed E-state index contributed by atoms with van der Waals surface area (Å²) in [4.78, 5) is 14.6. The van der Waals surface area contributed by atoms with Crippen LogP contribution < -0.4 is 10.2 Å². The van der Waals surface area contributed by atoms with Crippen LogP contribution in [0.1, 0.15) is 22.7 Å². The number of carbonyl (C=O) groups excluding carboxylic acids is 1. The number of nitrogens with one attached hydrogen (secondary N) is 1. The van der Waals surface area contributed by atoms with E-state index in [9.17, 15) is 15.0 Å². The van der Waals surface area contributed by atoms with Gasteiger partial charge in [0.2, 0.25) is 0 Å². The van der Waals surface area contributed by atoms with Gasteiger partial charge in [-0.15, -0.1) is 0 Å². The normalized spacial score (nSPS) is 15.2. The minimum Gasteiger partial charge on any atom is -0.504 e. The minimum absolute atomic E-state index is 0.142. The van der Waals surface area contributed by atoms with Crippen LogP contribution in [0, 0.1) is 0 Å². The molecule has 31 heavy (non-hydrogen) atoms. The number of aromatic hydroxyl groups is 2. The first-order valence-corrected chi connectivity index (χ1v) is 10.4. The lowest BCUT2D eigenvalue weighted by molar-refractivity contribution is 0.146. The Kier molecular flexibility index (Phi) is 6.30. The lowest BCUT2D eigenvalue weighted by Gasteiger charge is -2.32. The molecule has 160 valence electrons. The molecular formula is C24H23ClN2O4. The molecule has 0 saturated heterocycles. The number of phenolic OH excluding ortho intramolecular Hbond substituents is 2. The predicted molar refractivity (Wildman–Crippen MR) is 120 cm³/mol. The Hall–Kier alpha value is -3.22. The predicted octanol–water partition coefficient (Wildman–Crippen LogP) is 4.78. The van der Waals surface area contributed by atoms with Crippen molar-refractivity contribution in [3.8, 4) is 11.5 Å². The van der Waals surface area contributed by atoms with Gasteiger partial charge in [0.1, 0.15) is 6.61 Å². The van der Waals surface area contributed by atoms with Crippen LogP contribution in [-0.4, -0.2) is 29.4 Å². The zero-order valence-corrected chi connectivity index (χ0v) is 17.5. The molecule has 3 aromatic carbocycles. The van der Waals surface area contributed by atoms with Gasteiger partial charge in [-0.2, -0.15) is 0 Å². The Bertz CT molecular complexity index is 1060. The minimum atomic E-state index is -0.483. The summed E-state index contributed by atoms with van der Waals surface area (Å²) < 4.78 is 5.58. The van der Waals surface area contributed by atoms with Crippen molar-refractivity contribution < 1.29 is 19.7 Å². The van der Waals surface area contributed by atoms with Gasteiger partial charge in [-0.25, -0.2) is 4.79 Å². The molecule has 1 atom stereocenters. The van der Waals surface area contributed by atoms with Crippen LogP contribution in [0.15, 0.2) is 66.7 Å². The highest BCUT2D eigenvalue weighted by molar-refractivity contribution is 6.30. The summed E-state index contributed by atoms with van der Waals surface area (Å²) in [6, 6.07) is 19.4. The SMILES string of the molecule is O=C(OCc1ccccc1)N(CC1NCCc2cc(O)c(O)cc21)c1ccc(Cl)cc1. The summed E-state index contributed by atoms with van der Waals surface area (Å²) in [6.45, 7) is 1.13. The topological polar surface area (TPSA) is 82.0 Å². The fourth-order valence-electron chi connectivity index (χ4n) is 3.72. The molecule has 1 unspecified atom stereocenters. The number of fused-ring (bicyclic) bond motifs is 1. The maximum atomic E-state index is 13.1. The molecule has 3 N–H and O–H groups in total. The largest absolute Gasteiger partial charge is 0.504 e. The van der Waals surface area contributed by atoms with Crippen molar-refractivity contribution in [2.45, 2.75) is 19.1 Å². The Morgan fingerprint density at radius 1 is 1.06 bits per heavy atom. The highest BCUT2D eigenvalue weighted by atomic mass is 35.5. The van der Waals surface area contributed by atoms with Crippen LogP contribution in [0.2, 0.25) is 5.02 Å². The zero-order chi connectivity index (χ0) is 21.8. The fourth-order valence-corrected chi connectivity index (χ4v) is 3.84. The second kappa shape index (κ2) is 9.29. The molecule has 1 aliphatic heterocycles. The Morgan fingerprint density at radius 2 is 1.77 bits per heavy atom. The van der Waals surface area contributed by atoms with Gasteiger partial charge in [-0.05, 0) is 66.1 Å². The van der Waals surface area contributed by atoms with E-state index in [2.05, 4.69) is 5.32 Å². The van der Waals surface area contributed by atoms with Crippen molar-refractivity contribution in [2.75, 3.05) is 18.0 Å². The molecule has 0 spiro atoms. The molecule has 0 aliphatic carbocycles. The number of nitrogens with zero attached hydrogens (tertiary/aromatic N) is 1. The number of amides is 1. The number of hydrogen-bond donors (Lipinski definition) is 3. The van der Waals surface area contributed by atoms with Gasteiger partial charge in [-0.3, -0.25) is 4.90 Å². The molecule has 6 nitrogen and oxygen atoms in total. The van der Waals surface area contributed by atoms with Crippen LogP contribution >= 0.6 is 11.6 Å². The first kappa shape index (κ1) is 21.0. The average molecular weight is 439 g/mol. The van der Waals surface area contributed by atoms with Crippen LogP contribution in [-0.2, 0) is 17.8 Å². The smallest absolute Gasteiger partial charge is 0.414 e. The lowest BCUT2D eigenvalue weighted by atomic mass is 9.93. The van der Waals surface area contributed by atoms with Gasteiger partial charge >= 0.3 is 6.09 Å². The number of anilines is 1. The Balaban J connectivity index is 1.59. The average Bonchev–Trinajstić information content (AvgIpc) is 2.78. The van der Waals surface area contributed by atoms with Crippen LogP contribution in [0.3, 0.4) is 0 Å². The molecule has 7 heteroatoms. The van der Waals surface area contributed by atoms with Gasteiger partial charge in [0.15, 0.2) is 11.5 Å². The van der Waals surface area contributed by atoms with Gasteiger partial charge in [-0.1, -0.05) is 41.9 Å². The summed E-state index contributed by atoms with van der Waals surface area (Å²) in [6.07, 6.45) is 0.238. The summed E-state index contributed by atoms with van der Waals surface area (Å²) in [5.41, 5.74) is 3.33. The first-order chi connectivity index (χ1) is 15.0. The van der Waals surface area contributed by atoms with E-state index < -0.39 is 6.09 Å². The summed E-state index contributed by atoms with van der Waals surface area (Å²) >= 11 is 6.03. The fraction of sp³-hybridized carbons (Fsp3) is 0.208. The Morgan fingerprint density at radius 3 is 2.52 bits per heavy atom. The highest BCUT2D eigenvalue weighted by Gasteiger charge is 2.27. The third-order valence-electron chi connectivity index (χ3n) is 5.33. The van der Waals surface area contributed by atoms with E-state index in [1.165, 1.54) is 0 Å². The van der Waals surface area contributed by atoms with E-state index in [1.54, 1.807) is 41.3 Å². The molecule has 0 radical (unpaired) electrons. The number of carbonyl (C=O) groups is 1. The quantitative estimate of drug-likeness (QED) is 0.499. The molecule has 1 aliphatic rings. The van der Waals surface area contributed by atoms with Crippen LogP contribution in [0.5, 0.6) is 11.5 Å². The third-order valence-corrected chi connectivity index (χ3v) is 5.58. The third kappa shape index (κ3) is 4.93. The van der Waals surface area contributed by atoms with Gasteiger partial charge in [0.25, 0.3) is 0 Å². The summed E-state index contributed by atoms with van der Waals surface area (Å²) in [7, 11) is 0. The maximum absolute atomic E-state index is 13.1. The van der Waals surface area contributed by atoms with E-state index in [0.717, 1.165) is 23.1 Å². The van der Waals surface area contributed by atoms with E-state index in [-0.39, 0.29) is 30.7 Å². The highest BCUT2D eigenvalue weighted by Crippen LogP contribution is 2.34. The second-order valence-electron chi connectivity index (χ2n) is 7.42. The van der Waals surface area contributed by atoms with Crippen molar-refractivity contribution in [2.24, 2.45) is 0 Å². The van der Waals surface area contributed by atoms with Crippen molar-refractivity contribution in [3.63, 3.8) is 0 Å². The van der Waals surface area contributed by atoms with E-state index in [4.69, 9.17) is 16.3 Å². The molecule has 4 rings (SSSR count). The number of ether oxygens (including phenoxy) is 1. The van der Waals surface area contributed by atoms with E-state index >= 15 is 0 Å². The van der Waals surface area contributed by atoms with Crippen molar-refractivity contribution in [1.29, 1.82) is 0 Å². The summed E-state index contributed by atoms with van der Waals surface area (Å²) in [5.74, 6) is -0.326. The molecule has 0 aromatic heterocycles. The van der Waals surface area contributed by atoms with Crippen molar-refractivity contribution in [3.05, 3.63) is 88.4 Å². The number of halogens is 1. The number of hydrogen-bond acceptors (Lipinski definition) is 5. The van der Waals surface area contributed by atoms with E-state index in [1.807, 2.05) is 30.3 Å².